The molecule has 0 aliphatic carbocycles. The van der Waals surface area contributed by atoms with E-state index in [9.17, 15) is 9.59 Å². The van der Waals surface area contributed by atoms with E-state index >= 15 is 0 Å². The van der Waals surface area contributed by atoms with Gasteiger partial charge in [0.05, 0.1) is 11.8 Å². The molecule has 4 heteroatoms. The fourth-order valence-corrected chi connectivity index (χ4v) is 0.587. The zero-order valence-corrected chi connectivity index (χ0v) is 5.03. The van der Waals surface area contributed by atoms with Crippen LogP contribution in [0.1, 0.15) is 0 Å². The van der Waals surface area contributed by atoms with Crippen LogP contribution in [0.3, 0.4) is 0 Å². The Morgan fingerprint density at radius 2 is 2.30 bits per heavy atom. The van der Waals surface area contributed by atoms with Gasteiger partial charge >= 0.3 is 5.97 Å². The summed E-state index contributed by atoms with van der Waals surface area (Å²) in [7, 11) is 0. The van der Waals surface area contributed by atoms with E-state index in [1.807, 2.05) is 0 Å². The number of cyclic esters (lactones) is 1. The minimum Gasteiger partial charge on any atom is -0.421 e. The van der Waals surface area contributed by atoms with E-state index < -0.39 is 5.97 Å². The summed E-state index contributed by atoms with van der Waals surface area (Å²) in [4.78, 5) is 20.3. The molecular formula is C6H5NO3. The number of ether oxygens (including phenoxy) is 1. The first-order chi connectivity index (χ1) is 4.74. The Hall–Kier alpha value is -1.58. The smallest absolute Gasteiger partial charge is 0.338 e. The average molecular weight is 139 g/mol. The zero-order chi connectivity index (χ0) is 7.56. The van der Waals surface area contributed by atoms with Crippen molar-refractivity contribution in [2.45, 2.75) is 0 Å². The summed E-state index contributed by atoms with van der Waals surface area (Å²) < 4.78 is 4.49. The van der Waals surface area contributed by atoms with Crippen LogP contribution < -0.4 is 5.73 Å². The fraction of sp³-hybridized carbons (Fsp3) is 0. The number of hydrogen-bond donors (Lipinski definition) is 1. The Morgan fingerprint density at radius 3 is 2.70 bits per heavy atom. The summed E-state index contributed by atoms with van der Waals surface area (Å²) >= 11 is 0. The molecule has 0 aromatic heterocycles. The van der Waals surface area contributed by atoms with Gasteiger partial charge in [-0.05, 0) is 0 Å². The molecule has 0 saturated carbocycles. The minimum absolute atomic E-state index is 0.125. The fourth-order valence-electron chi connectivity index (χ4n) is 0.587. The maximum absolute atomic E-state index is 10.4. The van der Waals surface area contributed by atoms with E-state index in [2.05, 4.69) is 4.74 Å². The summed E-state index contributed by atoms with van der Waals surface area (Å²) in [6.07, 6.45) is 2.72. The highest BCUT2D eigenvalue weighted by atomic mass is 16.5. The molecule has 2 N–H and O–H groups in total. The van der Waals surface area contributed by atoms with Crippen molar-refractivity contribution < 1.29 is 14.3 Å². The summed E-state index contributed by atoms with van der Waals surface area (Å²) in [6.45, 7) is 0. The van der Waals surface area contributed by atoms with E-state index in [0.29, 0.717) is 6.29 Å². The monoisotopic (exact) mass is 139 g/mol. The van der Waals surface area contributed by atoms with Gasteiger partial charge in [0, 0.05) is 6.08 Å². The van der Waals surface area contributed by atoms with Gasteiger partial charge in [-0.25, -0.2) is 4.79 Å². The molecule has 1 rings (SSSR count). The van der Waals surface area contributed by atoms with Crippen LogP contribution in [-0.2, 0) is 14.3 Å². The SMILES string of the molecule is NC1=CC(=O)O/C1=C/C=O. The summed E-state index contributed by atoms with van der Waals surface area (Å²) in [5.74, 6) is -0.411. The van der Waals surface area contributed by atoms with Crippen molar-refractivity contribution >= 4 is 12.3 Å². The van der Waals surface area contributed by atoms with Gasteiger partial charge in [0.2, 0.25) is 0 Å². The van der Waals surface area contributed by atoms with Crippen molar-refractivity contribution in [2.75, 3.05) is 0 Å². The Morgan fingerprint density at radius 1 is 1.60 bits per heavy atom. The summed E-state index contributed by atoms with van der Waals surface area (Å²) in [6, 6.07) is 0. The van der Waals surface area contributed by atoms with Crippen LogP contribution in [0.25, 0.3) is 0 Å². The summed E-state index contributed by atoms with van der Waals surface area (Å²) in [5.41, 5.74) is 5.44. The number of esters is 1. The Balaban J connectivity index is 2.87. The highest BCUT2D eigenvalue weighted by Gasteiger charge is 2.15. The third kappa shape index (κ3) is 1.05. The number of allylic oxidation sites excluding steroid dienone is 1. The zero-order valence-electron chi connectivity index (χ0n) is 5.03. The van der Waals surface area contributed by atoms with Gasteiger partial charge in [0.25, 0.3) is 0 Å². The molecule has 52 valence electrons. The Kier molecular flexibility index (Phi) is 1.53. The van der Waals surface area contributed by atoms with E-state index in [0.717, 1.165) is 12.2 Å². The second-order valence-corrected chi connectivity index (χ2v) is 1.69. The van der Waals surface area contributed by atoms with Gasteiger partial charge in [0.1, 0.15) is 6.29 Å². The van der Waals surface area contributed by atoms with Crippen LogP contribution in [0.15, 0.2) is 23.6 Å². The topological polar surface area (TPSA) is 69.4 Å². The van der Waals surface area contributed by atoms with Crippen molar-refractivity contribution in [3.8, 4) is 0 Å². The molecule has 0 spiro atoms. The van der Waals surface area contributed by atoms with Crippen LogP contribution in [-0.4, -0.2) is 12.3 Å². The lowest BCUT2D eigenvalue weighted by Crippen LogP contribution is -1.97. The van der Waals surface area contributed by atoms with Crippen LogP contribution in [0, 0.1) is 0 Å². The molecule has 0 radical (unpaired) electrons. The van der Waals surface area contributed by atoms with Gasteiger partial charge in [-0.15, -0.1) is 0 Å². The molecule has 0 saturated heterocycles. The Bertz CT molecular complexity index is 239. The molecule has 0 bridgehead atoms. The van der Waals surface area contributed by atoms with Crippen LogP contribution in [0.5, 0.6) is 0 Å². The van der Waals surface area contributed by atoms with Crippen molar-refractivity contribution in [3.05, 3.63) is 23.6 Å². The molecule has 10 heavy (non-hydrogen) atoms. The van der Waals surface area contributed by atoms with Gasteiger partial charge in [0.15, 0.2) is 5.76 Å². The lowest BCUT2D eigenvalue weighted by molar-refractivity contribution is -0.132. The predicted molar refractivity (Wildman–Crippen MR) is 32.5 cm³/mol. The maximum atomic E-state index is 10.4. The summed E-state index contributed by atoms with van der Waals surface area (Å²) in [5, 5.41) is 0. The third-order valence-electron chi connectivity index (χ3n) is 0.988. The lowest BCUT2D eigenvalue weighted by atomic mass is 10.4. The van der Waals surface area contributed by atoms with Gasteiger partial charge in [-0.1, -0.05) is 0 Å². The first kappa shape index (κ1) is 6.54. The van der Waals surface area contributed by atoms with E-state index in [4.69, 9.17) is 5.73 Å². The van der Waals surface area contributed by atoms with Gasteiger partial charge in [-0.2, -0.15) is 0 Å². The standard InChI is InChI=1S/C6H5NO3/c7-4-3-6(9)10-5(4)1-2-8/h1-3H,7H2/b5-1+. The molecule has 0 amide bonds. The second-order valence-electron chi connectivity index (χ2n) is 1.69. The first-order valence-corrected chi connectivity index (χ1v) is 2.59. The molecule has 0 aromatic carbocycles. The number of carbonyl (C=O) groups is 2. The highest BCUT2D eigenvalue weighted by Crippen LogP contribution is 2.12. The van der Waals surface area contributed by atoms with Crippen LogP contribution in [0.2, 0.25) is 0 Å². The number of aldehydes is 1. The highest BCUT2D eigenvalue weighted by molar-refractivity contribution is 5.89. The van der Waals surface area contributed by atoms with Gasteiger partial charge in [-0.3, -0.25) is 4.79 Å². The predicted octanol–water partition coefficient (Wildman–Crippen LogP) is -0.531. The molecule has 1 heterocycles. The van der Waals surface area contributed by atoms with Crippen molar-refractivity contribution in [1.29, 1.82) is 0 Å². The maximum Gasteiger partial charge on any atom is 0.338 e. The normalized spacial score (nSPS) is 20.6. The molecule has 1 aliphatic rings. The number of hydrogen-bond acceptors (Lipinski definition) is 4. The number of rotatable bonds is 1. The van der Waals surface area contributed by atoms with Crippen LogP contribution >= 0.6 is 0 Å². The Labute approximate surface area is 57.0 Å². The first-order valence-electron chi connectivity index (χ1n) is 2.59. The van der Waals surface area contributed by atoms with Gasteiger partial charge < -0.3 is 10.5 Å². The van der Waals surface area contributed by atoms with Crippen LogP contribution in [0.4, 0.5) is 0 Å². The lowest BCUT2D eigenvalue weighted by Gasteiger charge is -1.93. The van der Waals surface area contributed by atoms with E-state index in [1.165, 1.54) is 0 Å². The van der Waals surface area contributed by atoms with E-state index in [-0.39, 0.29) is 11.5 Å². The molecule has 0 aromatic rings. The van der Waals surface area contributed by atoms with Crippen molar-refractivity contribution in [3.63, 3.8) is 0 Å². The minimum atomic E-state index is -0.536. The van der Waals surface area contributed by atoms with Crippen molar-refractivity contribution in [1.82, 2.24) is 0 Å². The molecule has 0 fully saturated rings. The number of carbonyl (C=O) groups excluding carboxylic acids is 2. The number of nitrogens with two attached hydrogens (primary N) is 1. The molecule has 4 nitrogen and oxygen atoms in total. The van der Waals surface area contributed by atoms with Crippen molar-refractivity contribution in [2.24, 2.45) is 5.73 Å². The molecule has 0 atom stereocenters. The third-order valence-corrected chi connectivity index (χ3v) is 0.988. The molecular weight excluding hydrogens is 134 g/mol. The largest absolute Gasteiger partial charge is 0.421 e. The molecule has 1 aliphatic heterocycles. The average Bonchev–Trinajstić information content (AvgIpc) is 2.13. The second kappa shape index (κ2) is 2.34. The molecule has 0 unspecified atom stereocenters. The van der Waals surface area contributed by atoms with E-state index in [1.54, 1.807) is 0 Å². The quantitative estimate of drug-likeness (QED) is 0.301.